The molecule has 1 saturated carbocycles. The highest BCUT2D eigenvalue weighted by Crippen LogP contribution is 2.30. The minimum Gasteiger partial charge on any atom is -0.312 e. The first-order valence-electron chi connectivity index (χ1n) is 6.71. The summed E-state index contributed by atoms with van der Waals surface area (Å²) >= 11 is 0. The standard InChI is InChI=1S/C13H26N2/c1-11-5-3-4-6-13(11)10-15-8-7-14-12(2)9-15/h11-14H,3-10H2,1-2H3. The van der Waals surface area contributed by atoms with Gasteiger partial charge in [0.05, 0.1) is 0 Å². The maximum absolute atomic E-state index is 3.52. The second kappa shape index (κ2) is 5.31. The summed E-state index contributed by atoms with van der Waals surface area (Å²) in [5.41, 5.74) is 0. The van der Waals surface area contributed by atoms with Crippen LogP contribution in [-0.4, -0.2) is 37.1 Å². The predicted octanol–water partition coefficient (Wildman–Crippen LogP) is 2.11. The monoisotopic (exact) mass is 210 g/mol. The fraction of sp³-hybridized carbons (Fsp3) is 1.00. The van der Waals surface area contributed by atoms with Gasteiger partial charge in [-0.3, -0.25) is 0 Å². The normalized spacial score (nSPS) is 39.2. The molecule has 1 saturated heterocycles. The Morgan fingerprint density at radius 3 is 2.73 bits per heavy atom. The van der Waals surface area contributed by atoms with Crippen molar-refractivity contribution >= 4 is 0 Å². The molecule has 2 fully saturated rings. The summed E-state index contributed by atoms with van der Waals surface area (Å²) in [7, 11) is 0. The summed E-state index contributed by atoms with van der Waals surface area (Å²) in [6.07, 6.45) is 5.87. The van der Waals surface area contributed by atoms with Gasteiger partial charge in [0.1, 0.15) is 0 Å². The maximum Gasteiger partial charge on any atom is 0.0167 e. The van der Waals surface area contributed by atoms with Crippen LogP contribution < -0.4 is 5.32 Å². The topological polar surface area (TPSA) is 15.3 Å². The van der Waals surface area contributed by atoms with Crippen LogP contribution in [-0.2, 0) is 0 Å². The minimum atomic E-state index is 0.692. The van der Waals surface area contributed by atoms with Gasteiger partial charge in [0, 0.05) is 32.2 Å². The Bertz CT molecular complexity index is 193. The van der Waals surface area contributed by atoms with Gasteiger partial charge in [-0.05, 0) is 25.2 Å². The lowest BCUT2D eigenvalue weighted by atomic mass is 9.80. The van der Waals surface area contributed by atoms with Crippen LogP contribution in [0.4, 0.5) is 0 Å². The molecule has 0 spiro atoms. The summed E-state index contributed by atoms with van der Waals surface area (Å²) in [5.74, 6) is 1.94. The molecule has 2 rings (SSSR count). The highest BCUT2D eigenvalue weighted by atomic mass is 15.2. The van der Waals surface area contributed by atoms with Crippen molar-refractivity contribution in [1.82, 2.24) is 10.2 Å². The molecule has 1 N–H and O–H groups in total. The third kappa shape index (κ3) is 3.18. The van der Waals surface area contributed by atoms with E-state index in [9.17, 15) is 0 Å². The molecular formula is C13H26N2. The van der Waals surface area contributed by atoms with E-state index >= 15 is 0 Å². The van der Waals surface area contributed by atoms with E-state index in [1.165, 1.54) is 51.9 Å². The van der Waals surface area contributed by atoms with Gasteiger partial charge in [0.2, 0.25) is 0 Å². The Labute approximate surface area is 94.4 Å². The Morgan fingerprint density at radius 2 is 2.00 bits per heavy atom. The first kappa shape index (κ1) is 11.4. The van der Waals surface area contributed by atoms with Crippen molar-refractivity contribution in [3.63, 3.8) is 0 Å². The Balaban J connectivity index is 1.79. The van der Waals surface area contributed by atoms with Gasteiger partial charge in [-0.15, -0.1) is 0 Å². The lowest BCUT2D eigenvalue weighted by molar-refractivity contribution is 0.133. The molecular weight excluding hydrogens is 184 g/mol. The third-order valence-corrected chi connectivity index (χ3v) is 4.23. The van der Waals surface area contributed by atoms with E-state index in [1.807, 2.05) is 0 Å². The van der Waals surface area contributed by atoms with Crippen molar-refractivity contribution in [2.75, 3.05) is 26.2 Å². The fourth-order valence-electron chi connectivity index (χ4n) is 3.17. The van der Waals surface area contributed by atoms with Crippen LogP contribution in [0.1, 0.15) is 39.5 Å². The number of rotatable bonds is 2. The molecule has 1 heterocycles. The first-order valence-corrected chi connectivity index (χ1v) is 6.71. The van der Waals surface area contributed by atoms with Crippen molar-refractivity contribution in [2.45, 2.75) is 45.6 Å². The average Bonchev–Trinajstić information content (AvgIpc) is 2.22. The Hall–Kier alpha value is -0.0800. The van der Waals surface area contributed by atoms with Gasteiger partial charge in [0.15, 0.2) is 0 Å². The first-order chi connectivity index (χ1) is 7.25. The minimum absolute atomic E-state index is 0.692. The van der Waals surface area contributed by atoms with Gasteiger partial charge in [-0.1, -0.05) is 26.2 Å². The molecule has 1 aliphatic heterocycles. The van der Waals surface area contributed by atoms with E-state index in [1.54, 1.807) is 0 Å². The number of nitrogens with one attached hydrogen (secondary N) is 1. The zero-order chi connectivity index (χ0) is 10.7. The van der Waals surface area contributed by atoms with Crippen molar-refractivity contribution in [2.24, 2.45) is 11.8 Å². The van der Waals surface area contributed by atoms with E-state index in [0.717, 1.165) is 11.8 Å². The van der Waals surface area contributed by atoms with Crippen LogP contribution in [0.2, 0.25) is 0 Å². The van der Waals surface area contributed by atoms with Crippen LogP contribution >= 0.6 is 0 Å². The molecule has 2 aliphatic rings. The smallest absolute Gasteiger partial charge is 0.0167 e. The quantitative estimate of drug-likeness (QED) is 0.751. The Kier molecular flexibility index (Phi) is 4.04. The summed E-state index contributed by atoms with van der Waals surface area (Å²) in [5, 5.41) is 3.52. The highest BCUT2D eigenvalue weighted by Gasteiger charge is 2.25. The van der Waals surface area contributed by atoms with Gasteiger partial charge in [0.25, 0.3) is 0 Å². The second-order valence-electron chi connectivity index (χ2n) is 5.64. The van der Waals surface area contributed by atoms with Gasteiger partial charge >= 0.3 is 0 Å². The van der Waals surface area contributed by atoms with Crippen LogP contribution in [0, 0.1) is 11.8 Å². The molecule has 2 nitrogen and oxygen atoms in total. The molecule has 0 aromatic rings. The molecule has 1 aliphatic carbocycles. The summed E-state index contributed by atoms with van der Waals surface area (Å²) in [6.45, 7) is 9.80. The number of hydrogen-bond acceptors (Lipinski definition) is 2. The highest BCUT2D eigenvalue weighted by molar-refractivity contribution is 4.80. The molecule has 0 radical (unpaired) electrons. The summed E-state index contributed by atoms with van der Waals surface area (Å²) in [6, 6.07) is 0.692. The van der Waals surface area contributed by atoms with Gasteiger partial charge < -0.3 is 10.2 Å². The van der Waals surface area contributed by atoms with Crippen LogP contribution in [0.5, 0.6) is 0 Å². The van der Waals surface area contributed by atoms with Crippen LogP contribution in [0.3, 0.4) is 0 Å². The van der Waals surface area contributed by atoms with E-state index in [4.69, 9.17) is 0 Å². The molecule has 3 atom stereocenters. The molecule has 3 unspecified atom stereocenters. The van der Waals surface area contributed by atoms with E-state index in [2.05, 4.69) is 24.1 Å². The van der Waals surface area contributed by atoms with E-state index < -0.39 is 0 Å². The molecule has 2 heteroatoms. The lowest BCUT2D eigenvalue weighted by Gasteiger charge is -2.37. The van der Waals surface area contributed by atoms with E-state index in [-0.39, 0.29) is 0 Å². The predicted molar refractivity (Wildman–Crippen MR) is 65.0 cm³/mol. The molecule has 0 aromatic heterocycles. The summed E-state index contributed by atoms with van der Waals surface area (Å²) in [4.78, 5) is 2.67. The molecule has 0 bridgehead atoms. The number of hydrogen-bond donors (Lipinski definition) is 1. The zero-order valence-electron chi connectivity index (χ0n) is 10.3. The van der Waals surface area contributed by atoms with Gasteiger partial charge in [-0.25, -0.2) is 0 Å². The maximum atomic E-state index is 3.52. The van der Waals surface area contributed by atoms with Crippen molar-refractivity contribution < 1.29 is 0 Å². The largest absolute Gasteiger partial charge is 0.312 e. The zero-order valence-corrected chi connectivity index (χ0v) is 10.3. The lowest BCUT2D eigenvalue weighted by Crippen LogP contribution is -2.51. The average molecular weight is 210 g/mol. The van der Waals surface area contributed by atoms with Crippen LogP contribution in [0.15, 0.2) is 0 Å². The van der Waals surface area contributed by atoms with Crippen molar-refractivity contribution in [3.05, 3.63) is 0 Å². The molecule has 15 heavy (non-hydrogen) atoms. The number of nitrogens with zero attached hydrogens (tertiary/aromatic N) is 1. The Morgan fingerprint density at radius 1 is 1.20 bits per heavy atom. The van der Waals surface area contributed by atoms with E-state index in [0.29, 0.717) is 6.04 Å². The van der Waals surface area contributed by atoms with Crippen molar-refractivity contribution in [1.29, 1.82) is 0 Å². The fourth-order valence-corrected chi connectivity index (χ4v) is 3.17. The molecule has 0 aromatic carbocycles. The third-order valence-electron chi connectivity index (χ3n) is 4.23. The number of piperazine rings is 1. The van der Waals surface area contributed by atoms with Gasteiger partial charge in [-0.2, -0.15) is 0 Å². The van der Waals surface area contributed by atoms with Crippen molar-refractivity contribution in [3.8, 4) is 0 Å². The molecule has 88 valence electrons. The van der Waals surface area contributed by atoms with Crippen LogP contribution in [0.25, 0.3) is 0 Å². The SMILES string of the molecule is CC1CN(CC2CCCCC2C)CCN1. The molecule has 0 amide bonds. The second-order valence-corrected chi connectivity index (χ2v) is 5.64. The summed E-state index contributed by atoms with van der Waals surface area (Å²) < 4.78 is 0.